The largest absolute Gasteiger partial charge is 0.389 e. The number of para-hydroxylation sites is 1. The summed E-state index contributed by atoms with van der Waals surface area (Å²) in [5.41, 5.74) is 2.52. The number of benzene rings is 2. The first-order valence-electron chi connectivity index (χ1n) is 11.0. The molecule has 0 aliphatic carbocycles. The molecule has 2 aromatic carbocycles. The maximum Gasteiger partial charge on any atom is 0.140 e. The number of aliphatic hydroxyl groups is 1. The third-order valence-electron chi connectivity index (χ3n) is 6.50. The van der Waals surface area contributed by atoms with E-state index < -0.39 is 29.3 Å². The Bertz CT molecular complexity index is 1330. The fourth-order valence-corrected chi connectivity index (χ4v) is 4.72. The summed E-state index contributed by atoms with van der Waals surface area (Å²) in [6.45, 7) is 5.89. The Hall–Kier alpha value is -3.29. The molecule has 2 atom stereocenters. The number of hydrogen-bond donors (Lipinski definition) is 4. The lowest BCUT2D eigenvalue weighted by Gasteiger charge is -2.44. The highest BCUT2D eigenvalue weighted by atomic mass is 19.1. The van der Waals surface area contributed by atoms with Crippen molar-refractivity contribution in [2.45, 2.75) is 45.0 Å². The molecule has 5 nitrogen and oxygen atoms in total. The predicted molar refractivity (Wildman–Crippen MR) is 126 cm³/mol. The minimum absolute atomic E-state index is 0.112. The van der Waals surface area contributed by atoms with Crippen LogP contribution in [0.4, 0.5) is 14.5 Å². The number of fused-ring (bicyclic) bond motifs is 2. The van der Waals surface area contributed by atoms with Gasteiger partial charge in [0.1, 0.15) is 11.6 Å². The minimum atomic E-state index is -0.968. The Morgan fingerprint density at radius 2 is 1.97 bits per heavy atom. The Morgan fingerprint density at radius 1 is 1.15 bits per heavy atom. The lowest BCUT2D eigenvalue weighted by atomic mass is 9.81. The first kappa shape index (κ1) is 21.6. The zero-order chi connectivity index (χ0) is 23.3. The van der Waals surface area contributed by atoms with E-state index in [9.17, 15) is 5.11 Å². The molecular weight excluding hydrogens is 422 g/mol. The minimum Gasteiger partial charge on any atom is -0.389 e. The smallest absolute Gasteiger partial charge is 0.140 e. The van der Waals surface area contributed by atoms with Crippen molar-refractivity contribution in [2.75, 3.05) is 5.32 Å². The van der Waals surface area contributed by atoms with Crippen LogP contribution < -0.4 is 10.6 Å². The number of halogens is 2. The van der Waals surface area contributed by atoms with Gasteiger partial charge in [-0.1, -0.05) is 24.3 Å². The van der Waals surface area contributed by atoms with Crippen molar-refractivity contribution in [1.82, 2.24) is 15.3 Å². The van der Waals surface area contributed by atoms with Gasteiger partial charge in [0.2, 0.25) is 0 Å². The molecule has 33 heavy (non-hydrogen) atoms. The van der Waals surface area contributed by atoms with Crippen LogP contribution in [0.25, 0.3) is 22.0 Å². The molecule has 0 radical (unpaired) electrons. The summed E-state index contributed by atoms with van der Waals surface area (Å²) < 4.78 is 31.6. The first-order valence-corrected chi connectivity index (χ1v) is 11.0. The number of nitrogens with one attached hydrogen (secondary N) is 3. The quantitative estimate of drug-likeness (QED) is 0.346. The van der Waals surface area contributed by atoms with Crippen LogP contribution in [0, 0.1) is 18.6 Å². The number of aromatic nitrogens is 2. The van der Waals surface area contributed by atoms with E-state index in [1.165, 1.54) is 6.07 Å². The van der Waals surface area contributed by atoms with Crippen LogP contribution in [-0.4, -0.2) is 26.7 Å². The van der Waals surface area contributed by atoms with Crippen LogP contribution >= 0.6 is 0 Å². The Balaban J connectivity index is 1.66. The highest BCUT2D eigenvalue weighted by molar-refractivity contribution is 5.96. The highest BCUT2D eigenvalue weighted by Gasteiger charge is 2.43. The van der Waals surface area contributed by atoms with Gasteiger partial charge in [0.15, 0.2) is 0 Å². The zero-order valence-corrected chi connectivity index (χ0v) is 18.7. The second-order valence-electron chi connectivity index (χ2n) is 9.18. The molecule has 4 N–H and O–H groups in total. The normalized spacial score (nSPS) is 19.3. The second kappa shape index (κ2) is 7.93. The van der Waals surface area contributed by atoms with Gasteiger partial charge in [-0.3, -0.25) is 4.98 Å². The number of aryl methyl sites for hydroxylation is 1. The van der Waals surface area contributed by atoms with Crippen molar-refractivity contribution in [2.24, 2.45) is 0 Å². The summed E-state index contributed by atoms with van der Waals surface area (Å²) >= 11 is 0. The summed E-state index contributed by atoms with van der Waals surface area (Å²) in [7, 11) is 0. The van der Waals surface area contributed by atoms with Crippen LogP contribution in [0.5, 0.6) is 0 Å². The van der Waals surface area contributed by atoms with Gasteiger partial charge < -0.3 is 20.7 Å². The van der Waals surface area contributed by atoms with E-state index in [1.54, 1.807) is 18.3 Å². The monoisotopic (exact) mass is 448 g/mol. The van der Waals surface area contributed by atoms with Crippen LogP contribution in [-0.2, 0) is 6.54 Å². The van der Waals surface area contributed by atoms with Crippen molar-refractivity contribution in [1.29, 1.82) is 0 Å². The first-order chi connectivity index (χ1) is 15.8. The lowest BCUT2D eigenvalue weighted by molar-refractivity contribution is 0.0661. The Labute approximate surface area is 190 Å². The molecule has 3 heterocycles. The number of anilines is 1. The number of aromatic amines is 1. The number of H-pyrrole nitrogens is 1. The van der Waals surface area contributed by atoms with Gasteiger partial charge in [-0.25, -0.2) is 8.78 Å². The highest BCUT2D eigenvalue weighted by Crippen LogP contribution is 2.44. The molecule has 1 aliphatic heterocycles. The molecule has 1 aliphatic rings. The maximum atomic E-state index is 16.2. The van der Waals surface area contributed by atoms with E-state index in [-0.39, 0.29) is 11.1 Å². The maximum absolute atomic E-state index is 16.2. The van der Waals surface area contributed by atoms with E-state index in [0.717, 1.165) is 16.6 Å². The van der Waals surface area contributed by atoms with E-state index in [1.807, 2.05) is 51.2 Å². The molecule has 7 heteroatoms. The van der Waals surface area contributed by atoms with Crippen LogP contribution in [0.15, 0.2) is 54.9 Å². The average Bonchev–Trinajstić information content (AvgIpc) is 3.16. The fourth-order valence-electron chi connectivity index (χ4n) is 4.72. The van der Waals surface area contributed by atoms with Gasteiger partial charge in [-0.2, -0.15) is 0 Å². The lowest BCUT2D eigenvalue weighted by Crippen LogP contribution is -2.54. The van der Waals surface area contributed by atoms with Crippen molar-refractivity contribution < 1.29 is 13.9 Å². The molecule has 0 bridgehead atoms. The molecule has 0 fully saturated rings. The van der Waals surface area contributed by atoms with E-state index >= 15 is 8.78 Å². The van der Waals surface area contributed by atoms with Gasteiger partial charge in [0, 0.05) is 41.1 Å². The molecular formula is C26H26F2N4O. The van der Waals surface area contributed by atoms with Crippen LogP contribution in [0.3, 0.4) is 0 Å². The molecule has 0 saturated carbocycles. The standard InChI is InChI=1S/C26H26F2N4O/c1-14-12-30-23-16(14)8-6-9-17(23)20-18(27)11-19-21(22(20)28)24(25(33)26(2,3)32-19)31-13-15-7-4-5-10-29-15/h4-12,24-25,30-33H,13H2,1-3H3. The molecule has 2 unspecified atom stereocenters. The number of nitrogens with zero attached hydrogens (tertiary/aromatic N) is 1. The Morgan fingerprint density at radius 3 is 2.73 bits per heavy atom. The molecule has 5 rings (SSSR count). The van der Waals surface area contributed by atoms with Crippen molar-refractivity contribution in [3.8, 4) is 11.1 Å². The van der Waals surface area contributed by atoms with Gasteiger partial charge in [0.25, 0.3) is 0 Å². The molecule has 4 aromatic rings. The molecule has 0 amide bonds. The number of hydrogen-bond acceptors (Lipinski definition) is 4. The zero-order valence-electron chi connectivity index (χ0n) is 18.7. The fraction of sp³-hybridized carbons (Fsp3) is 0.269. The van der Waals surface area contributed by atoms with Crippen molar-refractivity contribution >= 4 is 16.6 Å². The molecule has 0 saturated heterocycles. The predicted octanol–water partition coefficient (Wildman–Crippen LogP) is 5.21. The summed E-state index contributed by atoms with van der Waals surface area (Å²) in [6.07, 6.45) is 2.54. The summed E-state index contributed by atoms with van der Waals surface area (Å²) in [6, 6.07) is 11.5. The SMILES string of the molecule is Cc1c[nH]c2c(-c3c(F)cc4c(c3F)C(NCc3ccccn3)C(O)C(C)(C)N4)cccc12. The molecule has 0 spiro atoms. The number of aliphatic hydroxyl groups excluding tert-OH is 1. The van der Waals surface area contributed by atoms with Gasteiger partial charge in [-0.15, -0.1) is 0 Å². The van der Waals surface area contributed by atoms with Crippen LogP contribution in [0.1, 0.15) is 36.7 Å². The average molecular weight is 449 g/mol. The van der Waals surface area contributed by atoms with Crippen molar-refractivity contribution in [3.63, 3.8) is 0 Å². The van der Waals surface area contributed by atoms with Crippen LogP contribution in [0.2, 0.25) is 0 Å². The molecule has 170 valence electrons. The summed E-state index contributed by atoms with van der Waals surface area (Å²) in [4.78, 5) is 7.45. The summed E-state index contributed by atoms with van der Waals surface area (Å²) in [5, 5.41) is 18.4. The number of rotatable bonds is 4. The van der Waals surface area contributed by atoms with Gasteiger partial charge >= 0.3 is 0 Å². The molecule has 2 aromatic heterocycles. The van der Waals surface area contributed by atoms with Crippen molar-refractivity contribution in [3.05, 3.63) is 83.3 Å². The summed E-state index contributed by atoms with van der Waals surface area (Å²) in [5.74, 6) is -1.35. The topological polar surface area (TPSA) is 73.0 Å². The second-order valence-corrected chi connectivity index (χ2v) is 9.18. The van der Waals surface area contributed by atoms with Gasteiger partial charge in [0.05, 0.1) is 34.5 Å². The van der Waals surface area contributed by atoms with E-state index in [4.69, 9.17) is 0 Å². The van der Waals surface area contributed by atoms with Gasteiger partial charge in [-0.05, 0) is 44.5 Å². The number of pyridine rings is 1. The third-order valence-corrected chi connectivity index (χ3v) is 6.50. The Kier molecular flexibility index (Phi) is 5.18. The van der Waals surface area contributed by atoms with E-state index in [2.05, 4.69) is 20.6 Å². The van der Waals surface area contributed by atoms with E-state index in [0.29, 0.717) is 23.3 Å². The third kappa shape index (κ3) is 3.57.